The Morgan fingerprint density at radius 2 is 2.03 bits per heavy atom. The number of hydrogen-bond donors (Lipinski definition) is 1. The molecular weight excluding hydrogens is 404 g/mol. The molecule has 0 amide bonds. The third-order valence-corrected chi connectivity index (χ3v) is 6.16. The summed E-state index contributed by atoms with van der Waals surface area (Å²) in [5, 5.41) is 13.5. The van der Waals surface area contributed by atoms with E-state index in [9.17, 15) is 0 Å². The molecule has 5 heteroatoms. The molecule has 4 rings (SSSR count). The van der Waals surface area contributed by atoms with Crippen LogP contribution in [0.5, 0.6) is 0 Å². The Bertz CT molecular complexity index is 1110. The van der Waals surface area contributed by atoms with E-state index in [1.165, 1.54) is 29.5 Å². The molecule has 4 nitrogen and oxygen atoms in total. The maximum absolute atomic E-state index is 8.98. The quantitative estimate of drug-likeness (QED) is 0.531. The smallest absolute Gasteiger partial charge is 0.0991 e. The molecule has 0 saturated heterocycles. The standard InChI is InChI=1S/C26H27ClN4/c1-19-12-23(27)10-11-26(19)22-4-2-3-5-24(13-22)30-16-25-15-29-18-31(25)17-21-8-6-20(14-28)7-9-21/h6-13,15,18,24,30H,2-5,16-17H2,1H3. The maximum Gasteiger partial charge on any atom is 0.0991 e. The van der Waals surface area contributed by atoms with Crippen LogP contribution in [-0.4, -0.2) is 15.6 Å². The van der Waals surface area contributed by atoms with Gasteiger partial charge in [0.15, 0.2) is 0 Å². The lowest BCUT2D eigenvalue weighted by Crippen LogP contribution is -2.27. The summed E-state index contributed by atoms with van der Waals surface area (Å²) < 4.78 is 2.17. The summed E-state index contributed by atoms with van der Waals surface area (Å²) in [6.45, 7) is 3.65. The van der Waals surface area contributed by atoms with Crippen LogP contribution >= 0.6 is 11.6 Å². The average Bonchev–Trinajstić information content (AvgIpc) is 3.07. The molecule has 1 N–H and O–H groups in total. The predicted octanol–water partition coefficient (Wildman–Crippen LogP) is 5.88. The second-order valence-electron chi connectivity index (χ2n) is 8.21. The summed E-state index contributed by atoms with van der Waals surface area (Å²) in [6.07, 6.45) is 10.9. The van der Waals surface area contributed by atoms with Gasteiger partial charge in [-0.05, 0) is 72.7 Å². The van der Waals surface area contributed by atoms with Gasteiger partial charge in [-0.1, -0.05) is 42.3 Å². The minimum absolute atomic E-state index is 0.339. The fourth-order valence-electron chi connectivity index (χ4n) is 4.22. The Hall–Kier alpha value is -2.87. The molecule has 0 spiro atoms. The SMILES string of the molecule is Cc1cc(Cl)ccc1C1=CC(NCc2cncn2Cc2ccc(C#N)cc2)CCCC1. The van der Waals surface area contributed by atoms with E-state index < -0.39 is 0 Å². The van der Waals surface area contributed by atoms with Crippen LogP contribution < -0.4 is 5.32 Å². The van der Waals surface area contributed by atoms with Crippen LogP contribution in [0.4, 0.5) is 0 Å². The molecule has 158 valence electrons. The molecule has 0 aliphatic heterocycles. The van der Waals surface area contributed by atoms with E-state index in [-0.39, 0.29) is 0 Å². The first kappa shape index (κ1) is 21.4. The van der Waals surface area contributed by atoms with Gasteiger partial charge in [-0.2, -0.15) is 5.26 Å². The van der Waals surface area contributed by atoms with Crippen molar-refractivity contribution in [2.45, 2.75) is 51.7 Å². The predicted molar refractivity (Wildman–Crippen MR) is 126 cm³/mol. The number of hydrogen-bond acceptors (Lipinski definition) is 3. The van der Waals surface area contributed by atoms with E-state index in [1.54, 1.807) is 0 Å². The highest BCUT2D eigenvalue weighted by atomic mass is 35.5. The van der Waals surface area contributed by atoms with Gasteiger partial charge in [0, 0.05) is 30.4 Å². The van der Waals surface area contributed by atoms with Crippen LogP contribution in [0.1, 0.15) is 53.6 Å². The first-order valence-corrected chi connectivity index (χ1v) is 11.2. The summed E-state index contributed by atoms with van der Waals surface area (Å²) in [7, 11) is 0. The zero-order chi connectivity index (χ0) is 21.6. The van der Waals surface area contributed by atoms with Crippen molar-refractivity contribution in [1.29, 1.82) is 5.26 Å². The average molecular weight is 431 g/mol. The lowest BCUT2D eigenvalue weighted by molar-refractivity contribution is 0.525. The van der Waals surface area contributed by atoms with Crippen LogP contribution in [0.25, 0.3) is 5.57 Å². The fourth-order valence-corrected chi connectivity index (χ4v) is 4.44. The second-order valence-corrected chi connectivity index (χ2v) is 8.64. The van der Waals surface area contributed by atoms with Gasteiger partial charge >= 0.3 is 0 Å². The third kappa shape index (κ3) is 5.44. The minimum atomic E-state index is 0.339. The number of rotatable bonds is 6. The van der Waals surface area contributed by atoms with Crippen molar-refractivity contribution in [1.82, 2.24) is 14.9 Å². The summed E-state index contributed by atoms with van der Waals surface area (Å²) in [5.41, 5.74) is 6.96. The number of allylic oxidation sites excluding steroid dienone is 1. The molecule has 2 aromatic carbocycles. The number of benzene rings is 2. The molecule has 1 unspecified atom stereocenters. The molecule has 0 fully saturated rings. The number of halogens is 1. The molecule has 0 saturated carbocycles. The molecule has 0 radical (unpaired) electrons. The molecule has 1 aliphatic carbocycles. The van der Waals surface area contributed by atoms with Crippen molar-refractivity contribution >= 4 is 17.2 Å². The first-order valence-electron chi connectivity index (χ1n) is 10.8. The zero-order valence-electron chi connectivity index (χ0n) is 17.8. The van der Waals surface area contributed by atoms with Crippen molar-refractivity contribution in [3.63, 3.8) is 0 Å². The Labute approximate surface area is 189 Å². The zero-order valence-corrected chi connectivity index (χ0v) is 18.6. The lowest BCUT2D eigenvalue weighted by atomic mass is 9.96. The molecule has 1 atom stereocenters. The van der Waals surface area contributed by atoms with E-state index in [1.807, 2.05) is 48.9 Å². The summed E-state index contributed by atoms with van der Waals surface area (Å²) in [5.74, 6) is 0. The summed E-state index contributed by atoms with van der Waals surface area (Å²) in [4.78, 5) is 4.36. The number of aromatic nitrogens is 2. The number of nitrogens with zero attached hydrogens (tertiary/aromatic N) is 3. The van der Waals surface area contributed by atoms with Gasteiger partial charge in [0.05, 0.1) is 23.7 Å². The van der Waals surface area contributed by atoms with E-state index in [2.05, 4.69) is 40.0 Å². The largest absolute Gasteiger partial charge is 0.329 e. The van der Waals surface area contributed by atoms with Crippen LogP contribution in [0.2, 0.25) is 5.02 Å². The van der Waals surface area contributed by atoms with Gasteiger partial charge in [-0.15, -0.1) is 0 Å². The molecule has 1 aromatic heterocycles. The van der Waals surface area contributed by atoms with E-state index in [4.69, 9.17) is 16.9 Å². The first-order chi connectivity index (χ1) is 15.1. The molecule has 31 heavy (non-hydrogen) atoms. The second kappa shape index (κ2) is 9.96. The van der Waals surface area contributed by atoms with Crippen molar-refractivity contribution < 1.29 is 0 Å². The van der Waals surface area contributed by atoms with Gasteiger partial charge in [0.25, 0.3) is 0 Å². The third-order valence-electron chi connectivity index (χ3n) is 5.93. The number of aryl methyl sites for hydroxylation is 1. The van der Waals surface area contributed by atoms with Gasteiger partial charge in [-0.25, -0.2) is 4.98 Å². The van der Waals surface area contributed by atoms with E-state index in [0.29, 0.717) is 11.6 Å². The summed E-state index contributed by atoms with van der Waals surface area (Å²) >= 11 is 6.16. The molecule has 0 bridgehead atoms. The van der Waals surface area contributed by atoms with Crippen molar-refractivity contribution in [3.8, 4) is 6.07 Å². The van der Waals surface area contributed by atoms with Crippen molar-refractivity contribution in [3.05, 3.63) is 94.0 Å². The van der Waals surface area contributed by atoms with E-state index >= 15 is 0 Å². The van der Waals surface area contributed by atoms with Crippen LogP contribution in [0.15, 0.2) is 61.1 Å². The van der Waals surface area contributed by atoms with E-state index in [0.717, 1.165) is 42.2 Å². The monoisotopic (exact) mass is 430 g/mol. The fraction of sp³-hybridized carbons (Fsp3) is 0.308. The van der Waals surface area contributed by atoms with Crippen molar-refractivity contribution in [2.75, 3.05) is 0 Å². The highest BCUT2D eigenvalue weighted by molar-refractivity contribution is 6.30. The Balaban J connectivity index is 1.45. The number of nitriles is 1. The molecule has 1 aliphatic rings. The van der Waals surface area contributed by atoms with Crippen molar-refractivity contribution in [2.24, 2.45) is 0 Å². The topological polar surface area (TPSA) is 53.6 Å². The van der Waals surface area contributed by atoms with Crippen LogP contribution in [-0.2, 0) is 13.1 Å². The molecule has 3 aromatic rings. The lowest BCUT2D eigenvalue weighted by Gasteiger charge is -2.16. The van der Waals surface area contributed by atoms with Crippen LogP contribution in [0.3, 0.4) is 0 Å². The van der Waals surface area contributed by atoms with Crippen LogP contribution in [0, 0.1) is 18.3 Å². The maximum atomic E-state index is 8.98. The highest BCUT2D eigenvalue weighted by Gasteiger charge is 2.15. The minimum Gasteiger partial charge on any atom is -0.329 e. The Morgan fingerprint density at radius 1 is 1.19 bits per heavy atom. The number of imidazole rings is 1. The highest BCUT2D eigenvalue weighted by Crippen LogP contribution is 2.29. The normalized spacial score (nSPS) is 16.4. The molecule has 1 heterocycles. The Kier molecular flexibility index (Phi) is 6.86. The Morgan fingerprint density at radius 3 is 2.81 bits per heavy atom. The van der Waals surface area contributed by atoms with Gasteiger partial charge < -0.3 is 9.88 Å². The summed E-state index contributed by atoms with van der Waals surface area (Å²) in [6, 6.07) is 16.4. The number of nitrogens with one attached hydrogen (secondary N) is 1. The van der Waals surface area contributed by atoms with Gasteiger partial charge in [0.1, 0.15) is 0 Å². The van der Waals surface area contributed by atoms with Gasteiger partial charge in [-0.3, -0.25) is 0 Å². The van der Waals surface area contributed by atoms with Gasteiger partial charge in [0.2, 0.25) is 0 Å². The molecular formula is C26H27ClN4.